The SMILES string of the molecule is CCOCCCNC(=O)c1cc(-c2ccccc2F)nc2c1c(C)nn2C1CCS(=O)(=O)C1. The molecular weight excluding hydrogens is 447 g/mol. The molecule has 4 rings (SSSR count). The molecule has 1 atom stereocenters. The summed E-state index contributed by atoms with van der Waals surface area (Å²) in [4.78, 5) is 17.8. The van der Waals surface area contributed by atoms with E-state index in [2.05, 4.69) is 15.4 Å². The van der Waals surface area contributed by atoms with Gasteiger partial charge >= 0.3 is 0 Å². The van der Waals surface area contributed by atoms with E-state index in [9.17, 15) is 17.6 Å². The van der Waals surface area contributed by atoms with E-state index in [0.29, 0.717) is 60.6 Å². The average Bonchev–Trinajstić information content (AvgIpc) is 3.32. The summed E-state index contributed by atoms with van der Waals surface area (Å²) in [5.41, 5.74) is 1.84. The number of aromatic nitrogens is 3. The molecule has 0 radical (unpaired) electrons. The first-order chi connectivity index (χ1) is 15.8. The van der Waals surface area contributed by atoms with Crippen LogP contribution in [0.1, 0.15) is 41.9 Å². The van der Waals surface area contributed by atoms with Crippen molar-refractivity contribution in [3.05, 3.63) is 47.4 Å². The third-order valence-electron chi connectivity index (χ3n) is 5.74. The predicted octanol–water partition coefficient (Wildman–Crippen LogP) is 3.06. The quantitative estimate of drug-likeness (QED) is 0.504. The van der Waals surface area contributed by atoms with Gasteiger partial charge in [0.05, 0.1) is 39.9 Å². The Hall–Kier alpha value is -2.85. The number of nitrogens with one attached hydrogen (secondary N) is 1. The highest BCUT2D eigenvalue weighted by Gasteiger charge is 2.32. The van der Waals surface area contributed by atoms with Gasteiger partial charge in [-0.1, -0.05) is 12.1 Å². The lowest BCUT2D eigenvalue weighted by Crippen LogP contribution is -2.26. The van der Waals surface area contributed by atoms with Crippen LogP contribution >= 0.6 is 0 Å². The lowest BCUT2D eigenvalue weighted by molar-refractivity contribution is 0.0945. The number of nitrogens with zero attached hydrogens (tertiary/aromatic N) is 3. The molecule has 1 unspecified atom stereocenters. The van der Waals surface area contributed by atoms with Gasteiger partial charge < -0.3 is 10.1 Å². The van der Waals surface area contributed by atoms with Crippen LogP contribution in [0, 0.1) is 12.7 Å². The second kappa shape index (κ2) is 9.56. The van der Waals surface area contributed by atoms with Gasteiger partial charge in [0.1, 0.15) is 5.82 Å². The average molecular weight is 475 g/mol. The Morgan fingerprint density at radius 2 is 2.12 bits per heavy atom. The lowest BCUT2D eigenvalue weighted by Gasteiger charge is -2.13. The molecule has 0 saturated carbocycles. The van der Waals surface area contributed by atoms with Crippen molar-refractivity contribution in [2.45, 2.75) is 32.7 Å². The predicted molar refractivity (Wildman–Crippen MR) is 123 cm³/mol. The van der Waals surface area contributed by atoms with Crippen molar-refractivity contribution >= 4 is 26.8 Å². The van der Waals surface area contributed by atoms with Gasteiger partial charge in [-0.25, -0.2) is 22.5 Å². The molecule has 10 heteroatoms. The Morgan fingerprint density at radius 3 is 2.82 bits per heavy atom. The molecule has 1 aliphatic rings. The van der Waals surface area contributed by atoms with Gasteiger partial charge in [-0.15, -0.1) is 0 Å². The van der Waals surface area contributed by atoms with Gasteiger partial charge in [0.2, 0.25) is 0 Å². The fourth-order valence-electron chi connectivity index (χ4n) is 4.14. The van der Waals surface area contributed by atoms with Crippen LogP contribution in [0.4, 0.5) is 4.39 Å². The van der Waals surface area contributed by atoms with Gasteiger partial charge in [0, 0.05) is 25.3 Å². The summed E-state index contributed by atoms with van der Waals surface area (Å²) in [5, 5.41) is 7.99. The molecule has 1 fully saturated rings. The molecule has 176 valence electrons. The first kappa shape index (κ1) is 23.3. The number of hydrogen-bond donors (Lipinski definition) is 1. The fraction of sp³-hybridized carbons (Fsp3) is 0.435. The number of carbonyl (C=O) groups is 1. The van der Waals surface area contributed by atoms with Crippen molar-refractivity contribution in [2.75, 3.05) is 31.3 Å². The zero-order valence-corrected chi connectivity index (χ0v) is 19.5. The van der Waals surface area contributed by atoms with E-state index < -0.39 is 15.7 Å². The van der Waals surface area contributed by atoms with Crippen LogP contribution in [0.15, 0.2) is 30.3 Å². The normalized spacial score (nSPS) is 17.5. The Balaban J connectivity index is 1.80. The first-order valence-electron chi connectivity index (χ1n) is 11.0. The summed E-state index contributed by atoms with van der Waals surface area (Å²) < 4.78 is 45.6. The van der Waals surface area contributed by atoms with E-state index in [1.807, 2.05) is 6.92 Å². The number of sulfone groups is 1. The van der Waals surface area contributed by atoms with Crippen molar-refractivity contribution < 1.29 is 22.3 Å². The molecule has 1 N–H and O–H groups in total. The summed E-state index contributed by atoms with van der Waals surface area (Å²) in [6.07, 6.45) is 1.08. The number of halogens is 1. The summed E-state index contributed by atoms with van der Waals surface area (Å²) >= 11 is 0. The van der Waals surface area contributed by atoms with E-state index in [4.69, 9.17) is 4.74 Å². The number of fused-ring (bicyclic) bond motifs is 1. The zero-order valence-electron chi connectivity index (χ0n) is 18.7. The number of rotatable bonds is 8. The van der Waals surface area contributed by atoms with Crippen molar-refractivity contribution in [1.29, 1.82) is 0 Å². The highest BCUT2D eigenvalue weighted by molar-refractivity contribution is 7.91. The topological polar surface area (TPSA) is 103 Å². The van der Waals surface area contributed by atoms with Crippen LogP contribution in [0.25, 0.3) is 22.3 Å². The fourth-order valence-corrected chi connectivity index (χ4v) is 5.83. The van der Waals surface area contributed by atoms with Crippen molar-refractivity contribution in [2.24, 2.45) is 0 Å². The van der Waals surface area contributed by atoms with Crippen molar-refractivity contribution in [3.8, 4) is 11.3 Å². The molecule has 2 aromatic heterocycles. The number of aryl methyl sites for hydroxylation is 1. The number of pyridine rings is 1. The Morgan fingerprint density at radius 1 is 1.33 bits per heavy atom. The highest BCUT2D eigenvalue weighted by atomic mass is 32.2. The first-order valence-corrected chi connectivity index (χ1v) is 12.8. The molecule has 1 saturated heterocycles. The third-order valence-corrected chi connectivity index (χ3v) is 7.49. The summed E-state index contributed by atoms with van der Waals surface area (Å²) in [5.74, 6) is -0.733. The zero-order chi connectivity index (χ0) is 23.6. The minimum atomic E-state index is -3.16. The number of benzene rings is 1. The Kier molecular flexibility index (Phi) is 6.76. The number of carbonyl (C=O) groups excluding carboxylic acids is 1. The maximum Gasteiger partial charge on any atom is 0.252 e. The number of amides is 1. The molecule has 33 heavy (non-hydrogen) atoms. The lowest BCUT2D eigenvalue weighted by atomic mass is 10.0. The van der Waals surface area contributed by atoms with Crippen molar-refractivity contribution in [1.82, 2.24) is 20.1 Å². The van der Waals surface area contributed by atoms with E-state index >= 15 is 0 Å². The monoisotopic (exact) mass is 474 g/mol. The smallest absolute Gasteiger partial charge is 0.252 e. The largest absolute Gasteiger partial charge is 0.382 e. The molecule has 0 aliphatic carbocycles. The molecular formula is C23H27FN4O4S. The Bertz CT molecular complexity index is 1290. The van der Waals surface area contributed by atoms with E-state index in [1.54, 1.807) is 35.9 Å². The second-order valence-corrected chi connectivity index (χ2v) is 10.4. The van der Waals surface area contributed by atoms with E-state index in [-0.39, 0.29) is 29.0 Å². The standard InChI is InChI=1S/C23H27FN4O4S/c1-3-32-11-6-10-25-23(29)18-13-20(17-7-4-5-8-19(17)24)26-22-21(18)15(2)27-28(22)16-9-12-33(30,31)14-16/h4-5,7-8,13,16H,3,6,9-12,14H2,1-2H3,(H,25,29). The number of ether oxygens (including phenoxy) is 1. The Labute approximate surface area is 192 Å². The van der Waals surface area contributed by atoms with Gasteiger partial charge in [0.25, 0.3) is 5.91 Å². The molecule has 8 nitrogen and oxygen atoms in total. The van der Waals surface area contributed by atoms with Crippen LogP contribution in [-0.4, -0.2) is 60.4 Å². The van der Waals surface area contributed by atoms with Crippen molar-refractivity contribution in [3.63, 3.8) is 0 Å². The minimum Gasteiger partial charge on any atom is -0.382 e. The molecule has 1 aromatic carbocycles. The van der Waals surface area contributed by atoms with Gasteiger partial charge in [-0.05, 0) is 44.9 Å². The molecule has 0 bridgehead atoms. The van der Waals surface area contributed by atoms with Crippen LogP contribution in [0.2, 0.25) is 0 Å². The molecule has 3 aromatic rings. The van der Waals surface area contributed by atoms with Gasteiger partial charge in [-0.3, -0.25) is 4.79 Å². The second-order valence-electron chi connectivity index (χ2n) is 8.13. The summed E-state index contributed by atoms with van der Waals surface area (Å²) in [6, 6.07) is 7.41. The van der Waals surface area contributed by atoms with E-state index in [1.165, 1.54) is 6.07 Å². The molecule has 1 aliphatic heterocycles. The summed E-state index contributed by atoms with van der Waals surface area (Å²) in [6.45, 7) is 5.24. The minimum absolute atomic E-state index is 0.0339. The van der Waals surface area contributed by atoms with Crippen LogP contribution in [0.3, 0.4) is 0 Å². The van der Waals surface area contributed by atoms with Gasteiger partial charge in [-0.2, -0.15) is 5.10 Å². The summed E-state index contributed by atoms with van der Waals surface area (Å²) in [7, 11) is -3.16. The maximum absolute atomic E-state index is 14.6. The molecule has 0 spiro atoms. The molecule has 1 amide bonds. The third kappa shape index (κ3) is 4.91. The number of hydrogen-bond acceptors (Lipinski definition) is 6. The van der Waals surface area contributed by atoms with Gasteiger partial charge in [0.15, 0.2) is 15.5 Å². The molecule has 3 heterocycles. The van der Waals surface area contributed by atoms with Crippen LogP contribution in [-0.2, 0) is 14.6 Å². The van der Waals surface area contributed by atoms with Crippen LogP contribution < -0.4 is 5.32 Å². The highest BCUT2D eigenvalue weighted by Crippen LogP contribution is 2.32. The maximum atomic E-state index is 14.6. The van der Waals surface area contributed by atoms with Crippen LogP contribution in [0.5, 0.6) is 0 Å². The van der Waals surface area contributed by atoms with E-state index in [0.717, 1.165) is 0 Å².